The van der Waals surface area contributed by atoms with Gasteiger partial charge in [-0.15, -0.1) is 0 Å². The second-order valence-electron chi connectivity index (χ2n) is 5.81. The third-order valence-electron chi connectivity index (χ3n) is 3.96. The first-order valence-electron chi connectivity index (χ1n) is 7.97. The minimum absolute atomic E-state index is 0.0391. The van der Waals surface area contributed by atoms with Crippen molar-refractivity contribution in [1.82, 2.24) is 5.32 Å². The highest BCUT2D eigenvalue weighted by molar-refractivity contribution is 5.94. The average Bonchev–Trinajstić information content (AvgIpc) is 2.54. The van der Waals surface area contributed by atoms with Crippen molar-refractivity contribution in [3.05, 3.63) is 29.8 Å². The van der Waals surface area contributed by atoms with E-state index in [-0.39, 0.29) is 18.0 Å². The molecule has 3 N–H and O–H groups in total. The SMILES string of the molecule is COCCCOc1cccc(C(=O)NC2CCC(N)CC2)c1. The van der Waals surface area contributed by atoms with Crippen LogP contribution in [0.25, 0.3) is 0 Å². The summed E-state index contributed by atoms with van der Waals surface area (Å²) in [5.74, 6) is 0.678. The zero-order chi connectivity index (χ0) is 15.8. The number of methoxy groups -OCH3 is 1. The summed E-state index contributed by atoms with van der Waals surface area (Å²) >= 11 is 0. The summed E-state index contributed by atoms with van der Waals surface area (Å²) < 4.78 is 10.6. The maximum Gasteiger partial charge on any atom is 0.251 e. The van der Waals surface area contributed by atoms with Crippen LogP contribution in [0.5, 0.6) is 5.75 Å². The van der Waals surface area contributed by atoms with Crippen LogP contribution >= 0.6 is 0 Å². The van der Waals surface area contributed by atoms with Crippen molar-refractivity contribution in [1.29, 1.82) is 0 Å². The van der Waals surface area contributed by atoms with E-state index in [4.69, 9.17) is 15.2 Å². The van der Waals surface area contributed by atoms with E-state index in [1.807, 2.05) is 18.2 Å². The maximum atomic E-state index is 12.3. The molecule has 0 spiro atoms. The van der Waals surface area contributed by atoms with Gasteiger partial charge < -0.3 is 20.5 Å². The lowest BCUT2D eigenvalue weighted by molar-refractivity contribution is 0.0925. The van der Waals surface area contributed by atoms with Gasteiger partial charge in [0.15, 0.2) is 0 Å². The molecular formula is C17H26N2O3. The predicted octanol–water partition coefficient (Wildman–Crippen LogP) is 2.10. The summed E-state index contributed by atoms with van der Waals surface area (Å²) in [6.07, 6.45) is 4.71. The molecule has 0 aromatic heterocycles. The van der Waals surface area contributed by atoms with Crippen molar-refractivity contribution in [2.75, 3.05) is 20.3 Å². The molecule has 1 aliphatic rings. The van der Waals surface area contributed by atoms with Crippen LogP contribution in [-0.4, -0.2) is 38.3 Å². The van der Waals surface area contributed by atoms with E-state index < -0.39 is 0 Å². The van der Waals surface area contributed by atoms with Gasteiger partial charge in [-0.3, -0.25) is 4.79 Å². The van der Waals surface area contributed by atoms with Crippen molar-refractivity contribution < 1.29 is 14.3 Å². The van der Waals surface area contributed by atoms with E-state index >= 15 is 0 Å². The third-order valence-corrected chi connectivity index (χ3v) is 3.96. The Morgan fingerprint density at radius 3 is 2.77 bits per heavy atom. The van der Waals surface area contributed by atoms with Crippen LogP contribution in [0.2, 0.25) is 0 Å². The van der Waals surface area contributed by atoms with Crippen molar-refractivity contribution in [3.63, 3.8) is 0 Å². The van der Waals surface area contributed by atoms with Gasteiger partial charge in [-0.05, 0) is 43.9 Å². The van der Waals surface area contributed by atoms with Crippen LogP contribution < -0.4 is 15.8 Å². The molecule has 0 atom stereocenters. The third kappa shape index (κ3) is 5.31. The molecule has 0 aliphatic heterocycles. The highest BCUT2D eigenvalue weighted by Gasteiger charge is 2.20. The number of nitrogens with one attached hydrogen (secondary N) is 1. The van der Waals surface area contributed by atoms with Crippen LogP contribution in [-0.2, 0) is 4.74 Å². The Balaban J connectivity index is 1.84. The standard InChI is InChI=1S/C17H26N2O3/c1-21-10-3-11-22-16-5-2-4-13(12-16)17(20)19-15-8-6-14(18)7-9-15/h2,4-5,12,14-15H,3,6-11,18H2,1H3,(H,19,20). The number of ether oxygens (including phenoxy) is 2. The van der Waals surface area contributed by atoms with E-state index in [1.165, 1.54) is 0 Å². The number of carbonyl (C=O) groups excluding carboxylic acids is 1. The Bertz CT molecular complexity index is 471. The predicted molar refractivity (Wildman–Crippen MR) is 86.1 cm³/mol. The van der Waals surface area contributed by atoms with E-state index in [0.29, 0.717) is 18.8 Å². The van der Waals surface area contributed by atoms with Gasteiger partial charge in [-0.2, -0.15) is 0 Å². The topological polar surface area (TPSA) is 73.6 Å². The van der Waals surface area contributed by atoms with Crippen molar-refractivity contribution in [2.24, 2.45) is 5.73 Å². The fourth-order valence-corrected chi connectivity index (χ4v) is 2.65. The summed E-state index contributed by atoms with van der Waals surface area (Å²) in [5, 5.41) is 3.09. The summed E-state index contributed by atoms with van der Waals surface area (Å²) in [7, 11) is 1.67. The number of rotatable bonds is 7. The average molecular weight is 306 g/mol. The number of carbonyl (C=O) groups is 1. The van der Waals surface area contributed by atoms with Crippen molar-refractivity contribution in [3.8, 4) is 5.75 Å². The molecule has 122 valence electrons. The van der Waals surface area contributed by atoms with Gasteiger partial charge in [0.2, 0.25) is 0 Å². The molecule has 1 fully saturated rings. The Morgan fingerprint density at radius 1 is 1.27 bits per heavy atom. The molecule has 1 aromatic carbocycles. The van der Waals surface area contributed by atoms with Crippen LogP contribution in [0.15, 0.2) is 24.3 Å². The molecule has 1 aliphatic carbocycles. The first kappa shape index (κ1) is 16.8. The quantitative estimate of drug-likeness (QED) is 0.757. The highest BCUT2D eigenvalue weighted by atomic mass is 16.5. The molecule has 0 radical (unpaired) electrons. The van der Waals surface area contributed by atoms with Crippen molar-refractivity contribution >= 4 is 5.91 Å². The van der Waals surface area contributed by atoms with Crippen LogP contribution in [0, 0.1) is 0 Å². The van der Waals surface area contributed by atoms with E-state index in [2.05, 4.69) is 5.32 Å². The van der Waals surface area contributed by atoms with E-state index in [1.54, 1.807) is 13.2 Å². The van der Waals surface area contributed by atoms with Gasteiger partial charge >= 0.3 is 0 Å². The van der Waals surface area contributed by atoms with E-state index in [0.717, 1.165) is 37.9 Å². The lowest BCUT2D eigenvalue weighted by Crippen LogP contribution is -2.40. The normalized spacial score (nSPS) is 21.4. The van der Waals surface area contributed by atoms with Crippen molar-refractivity contribution in [2.45, 2.75) is 44.2 Å². The minimum Gasteiger partial charge on any atom is -0.493 e. The number of amides is 1. The number of benzene rings is 1. The molecule has 2 rings (SSSR count). The molecule has 1 amide bonds. The maximum absolute atomic E-state index is 12.3. The lowest BCUT2D eigenvalue weighted by atomic mass is 9.91. The molecular weight excluding hydrogens is 280 g/mol. The summed E-state index contributed by atoms with van der Waals surface area (Å²) in [6, 6.07) is 7.83. The molecule has 0 heterocycles. The Kier molecular flexibility index (Phi) is 6.68. The van der Waals surface area contributed by atoms with Gasteiger partial charge in [0.25, 0.3) is 5.91 Å². The molecule has 0 bridgehead atoms. The van der Waals surface area contributed by atoms with Crippen LogP contribution in [0.1, 0.15) is 42.5 Å². The Hall–Kier alpha value is -1.59. The van der Waals surface area contributed by atoms with Gasteiger partial charge in [0, 0.05) is 37.8 Å². The van der Waals surface area contributed by atoms with Gasteiger partial charge in [0.05, 0.1) is 6.61 Å². The first-order valence-corrected chi connectivity index (χ1v) is 7.97. The van der Waals surface area contributed by atoms with Gasteiger partial charge in [-0.25, -0.2) is 0 Å². The Morgan fingerprint density at radius 2 is 2.05 bits per heavy atom. The monoisotopic (exact) mass is 306 g/mol. The summed E-state index contributed by atoms with van der Waals surface area (Å²) in [6.45, 7) is 1.25. The lowest BCUT2D eigenvalue weighted by Gasteiger charge is -2.26. The zero-order valence-electron chi connectivity index (χ0n) is 13.2. The highest BCUT2D eigenvalue weighted by Crippen LogP contribution is 2.18. The fraction of sp³-hybridized carbons (Fsp3) is 0.588. The molecule has 1 saturated carbocycles. The summed E-state index contributed by atoms with van der Waals surface area (Å²) in [5.41, 5.74) is 6.53. The minimum atomic E-state index is -0.0391. The smallest absolute Gasteiger partial charge is 0.251 e. The van der Waals surface area contributed by atoms with E-state index in [9.17, 15) is 4.79 Å². The number of hydrogen-bond donors (Lipinski definition) is 2. The summed E-state index contributed by atoms with van der Waals surface area (Å²) in [4.78, 5) is 12.3. The molecule has 0 saturated heterocycles. The van der Waals surface area contributed by atoms with Gasteiger partial charge in [0.1, 0.15) is 5.75 Å². The second-order valence-corrected chi connectivity index (χ2v) is 5.81. The first-order chi connectivity index (χ1) is 10.7. The molecule has 5 heteroatoms. The second kappa shape index (κ2) is 8.76. The number of hydrogen-bond acceptors (Lipinski definition) is 4. The van der Waals surface area contributed by atoms with Crippen LogP contribution in [0.4, 0.5) is 0 Å². The largest absolute Gasteiger partial charge is 0.493 e. The molecule has 22 heavy (non-hydrogen) atoms. The zero-order valence-corrected chi connectivity index (χ0v) is 13.2. The van der Waals surface area contributed by atoms with Gasteiger partial charge in [-0.1, -0.05) is 6.07 Å². The fourth-order valence-electron chi connectivity index (χ4n) is 2.65. The Labute approximate surface area is 132 Å². The molecule has 0 unspecified atom stereocenters. The molecule has 1 aromatic rings. The number of nitrogens with two attached hydrogens (primary N) is 1. The molecule has 5 nitrogen and oxygen atoms in total. The van der Waals surface area contributed by atoms with Crippen LogP contribution in [0.3, 0.4) is 0 Å².